The zero-order valence-corrected chi connectivity index (χ0v) is 18.0. The molecule has 1 aliphatic heterocycles. The predicted octanol–water partition coefficient (Wildman–Crippen LogP) is 4.79. The van der Waals surface area contributed by atoms with Gasteiger partial charge in [-0.05, 0) is 47.4 Å². The molecule has 0 bridgehead atoms. The molecular formula is C22H19ClO4S2. The lowest BCUT2D eigenvalue weighted by Crippen LogP contribution is -2.19. The number of sulfone groups is 1. The number of carbonyl (C=O) groups is 2. The molecule has 0 atom stereocenters. The Labute approximate surface area is 179 Å². The van der Waals surface area contributed by atoms with Gasteiger partial charge in [0.1, 0.15) is 0 Å². The van der Waals surface area contributed by atoms with E-state index in [1.165, 1.54) is 23.9 Å². The van der Waals surface area contributed by atoms with Gasteiger partial charge in [0, 0.05) is 17.7 Å². The second-order valence-electron chi connectivity index (χ2n) is 7.15. The van der Waals surface area contributed by atoms with Crippen molar-refractivity contribution in [2.45, 2.75) is 36.3 Å². The van der Waals surface area contributed by atoms with Crippen molar-refractivity contribution in [3.8, 4) is 0 Å². The van der Waals surface area contributed by atoms with Gasteiger partial charge in [0.05, 0.1) is 21.2 Å². The van der Waals surface area contributed by atoms with Crippen LogP contribution in [0, 0.1) is 0 Å². The molecule has 7 heteroatoms. The average molecular weight is 447 g/mol. The Morgan fingerprint density at radius 1 is 1.03 bits per heavy atom. The summed E-state index contributed by atoms with van der Waals surface area (Å²) in [6.07, 6.45) is 2.04. The Hall–Kier alpha value is -1.89. The van der Waals surface area contributed by atoms with Gasteiger partial charge in [-0.2, -0.15) is 0 Å². The maximum Gasteiger partial charge on any atom is 0.198 e. The number of benzene rings is 2. The molecule has 2 aromatic carbocycles. The number of ketones is 2. The highest BCUT2D eigenvalue weighted by Crippen LogP contribution is 2.38. The summed E-state index contributed by atoms with van der Waals surface area (Å²) < 4.78 is 24.2. The van der Waals surface area contributed by atoms with Gasteiger partial charge in [-0.1, -0.05) is 41.9 Å². The van der Waals surface area contributed by atoms with E-state index in [2.05, 4.69) is 0 Å². The highest BCUT2D eigenvalue weighted by Gasteiger charge is 2.33. The third kappa shape index (κ3) is 3.93. The van der Waals surface area contributed by atoms with Crippen molar-refractivity contribution in [1.29, 1.82) is 0 Å². The number of thioether (sulfide) groups is 1. The van der Waals surface area contributed by atoms with Gasteiger partial charge in [0.25, 0.3) is 0 Å². The average Bonchev–Trinajstić information content (AvgIpc) is 3.02. The summed E-state index contributed by atoms with van der Waals surface area (Å²) in [5, 5.41) is 0.159. The van der Waals surface area contributed by atoms with Crippen molar-refractivity contribution in [3.05, 3.63) is 74.7 Å². The van der Waals surface area contributed by atoms with E-state index in [-0.39, 0.29) is 32.6 Å². The summed E-state index contributed by atoms with van der Waals surface area (Å²) in [6, 6.07) is 12.8. The SMILES string of the molecule is O=C1CCCC(SCc2ccccc2)=C1C(=O)c1ccc2c(c1Cl)CCS2(=O)=O. The van der Waals surface area contributed by atoms with Gasteiger partial charge in [-0.3, -0.25) is 9.59 Å². The van der Waals surface area contributed by atoms with Gasteiger partial charge >= 0.3 is 0 Å². The summed E-state index contributed by atoms with van der Waals surface area (Å²) >= 11 is 7.95. The number of hydrogen-bond donors (Lipinski definition) is 0. The molecule has 1 heterocycles. The molecule has 0 fully saturated rings. The Kier molecular flexibility index (Phi) is 5.69. The fraction of sp³-hybridized carbons (Fsp3) is 0.273. The van der Waals surface area contributed by atoms with Crippen LogP contribution >= 0.6 is 23.4 Å². The summed E-state index contributed by atoms with van der Waals surface area (Å²) in [6.45, 7) is 0. The topological polar surface area (TPSA) is 68.3 Å². The highest BCUT2D eigenvalue weighted by molar-refractivity contribution is 8.02. The Bertz CT molecular complexity index is 1130. The minimum atomic E-state index is -3.34. The molecule has 0 amide bonds. The zero-order chi connectivity index (χ0) is 20.6. The molecule has 1 aliphatic carbocycles. The summed E-state index contributed by atoms with van der Waals surface area (Å²) in [7, 11) is -3.34. The second kappa shape index (κ2) is 8.09. The van der Waals surface area contributed by atoms with Crippen LogP contribution < -0.4 is 0 Å². The second-order valence-corrected chi connectivity index (χ2v) is 10.7. The van der Waals surface area contributed by atoms with Crippen molar-refractivity contribution in [2.75, 3.05) is 5.75 Å². The number of halogens is 1. The number of fused-ring (bicyclic) bond motifs is 1. The molecule has 2 aromatic rings. The number of allylic oxidation sites excluding steroid dienone is 2. The molecule has 29 heavy (non-hydrogen) atoms. The molecule has 2 aliphatic rings. The van der Waals surface area contributed by atoms with E-state index in [9.17, 15) is 18.0 Å². The molecule has 0 radical (unpaired) electrons. The maximum absolute atomic E-state index is 13.3. The first-order valence-corrected chi connectivity index (χ1v) is 12.4. The third-order valence-corrected chi connectivity index (χ3v) is 8.71. The van der Waals surface area contributed by atoms with E-state index in [1.54, 1.807) is 0 Å². The monoisotopic (exact) mass is 446 g/mol. The van der Waals surface area contributed by atoms with E-state index in [1.807, 2.05) is 30.3 Å². The van der Waals surface area contributed by atoms with E-state index in [4.69, 9.17) is 11.6 Å². The first-order chi connectivity index (χ1) is 13.9. The van der Waals surface area contributed by atoms with Crippen LogP contribution in [0.5, 0.6) is 0 Å². The number of carbonyl (C=O) groups excluding carboxylic acids is 2. The molecule has 0 spiro atoms. The van der Waals surface area contributed by atoms with Gasteiger partial charge in [0.15, 0.2) is 21.4 Å². The molecule has 0 unspecified atom stereocenters. The minimum absolute atomic E-state index is 0.000494. The first-order valence-electron chi connectivity index (χ1n) is 9.40. The molecule has 0 aromatic heterocycles. The molecular weight excluding hydrogens is 428 g/mol. The molecule has 0 saturated carbocycles. The predicted molar refractivity (Wildman–Crippen MR) is 115 cm³/mol. The van der Waals surface area contributed by atoms with E-state index >= 15 is 0 Å². The number of rotatable bonds is 5. The fourth-order valence-electron chi connectivity index (χ4n) is 3.74. The lowest BCUT2D eigenvalue weighted by molar-refractivity contribution is -0.115. The molecule has 4 rings (SSSR count). The van der Waals surface area contributed by atoms with Crippen molar-refractivity contribution >= 4 is 44.8 Å². The molecule has 150 valence electrons. The first kappa shape index (κ1) is 20.4. The van der Waals surface area contributed by atoms with Crippen LogP contribution in [0.2, 0.25) is 5.02 Å². The van der Waals surface area contributed by atoms with Crippen molar-refractivity contribution in [1.82, 2.24) is 0 Å². The van der Waals surface area contributed by atoms with Gasteiger partial charge in [-0.25, -0.2) is 8.42 Å². The van der Waals surface area contributed by atoms with Crippen LogP contribution in [0.15, 0.2) is 57.8 Å². The summed E-state index contributed by atoms with van der Waals surface area (Å²) in [5.74, 6) is 0.110. The van der Waals surface area contributed by atoms with Gasteiger partial charge < -0.3 is 0 Å². The quantitative estimate of drug-likeness (QED) is 0.487. The Morgan fingerprint density at radius 2 is 1.79 bits per heavy atom. The van der Waals surface area contributed by atoms with Crippen LogP contribution in [0.1, 0.15) is 40.7 Å². The molecule has 0 N–H and O–H groups in total. The largest absolute Gasteiger partial charge is 0.294 e. The van der Waals surface area contributed by atoms with E-state index in [0.717, 1.165) is 16.9 Å². The van der Waals surface area contributed by atoms with Gasteiger partial charge in [-0.15, -0.1) is 11.8 Å². The van der Waals surface area contributed by atoms with E-state index < -0.39 is 15.6 Å². The van der Waals surface area contributed by atoms with Crippen LogP contribution in [-0.4, -0.2) is 25.7 Å². The third-order valence-electron chi connectivity index (χ3n) is 5.25. The minimum Gasteiger partial charge on any atom is -0.294 e. The fourth-order valence-corrected chi connectivity index (χ4v) is 6.86. The standard InChI is InChI=1S/C22H19ClO4S2/c23-21-15-11-12-29(26,27)19(15)10-9-16(21)22(25)20-17(24)7-4-8-18(20)28-13-14-5-2-1-3-6-14/h1-3,5-6,9-10H,4,7-8,11-13H2. The smallest absolute Gasteiger partial charge is 0.198 e. The summed E-state index contributed by atoms with van der Waals surface area (Å²) in [5.41, 5.74) is 2.03. The Morgan fingerprint density at radius 3 is 2.55 bits per heavy atom. The number of Topliss-reactive ketones (excluding diaryl/α,β-unsaturated/α-hetero) is 2. The van der Waals surface area contributed by atoms with Crippen molar-refractivity contribution in [3.63, 3.8) is 0 Å². The van der Waals surface area contributed by atoms with Crippen LogP contribution in [0.25, 0.3) is 0 Å². The normalized spacial score (nSPS) is 18.0. The zero-order valence-electron chi connectivity index (χ0n) is 15.6. The van der Waals surface area contributed by atoms with Crippen LogP contribution in [-0.2, 0) is 26.8 Å². The van der Waals surface area contributed by atoms with Crippen LogP contribution in [0.3, 0.4) is 0 Å². The van der Waals surface area contributed by atoms with E-state index in [0.29, 0.717) is 30.6 Å². The van der Waals surface area contributed by atoms with Crippen LogP contribution in [0.4, 0.5) is 0 Å². The lowest BCUT2D eigenvalue weighted by atomic mass is 9.91. The van der Waals surface area contributed by atoms with Crippen molar-refractivity contribution < 1.29 is 18.0 Å². The number of hydrogen-bond acceptors (Lipinski definition) is 5. The molecule has 4 nitrogen and oxygen atoms in total. The highest BCUT2D eigenvalue weighted by atomic mass is 35.5. The van der Waals surface area contributed by atoms with Gasteiger partial charge in [0.2, 0.25) is 0 Å². The lowest BCUT2D eigenvalue weighted by Gasteiger charge is -2.19. The summed E-state index contributed by atoms with van der Waals surface area (Å²) in [4.78, 5) is 26.9. The Balaban J connectivity index is 1.70. The molecule has 0 saturated heterocycles. The van der Waals surface area contributed by atoms with Crippen molar-refractivity contribution in [2.24, 2.45) is 0 Å². The maximum atomic E-state index is 13.3.